The van der Waals surface area contributed by atoms with E-state index in [4.69, 9.17) is 14.2 Å². The van der Waals surface area contributed by atoms with Crippen LogP contribution >= 0.6 is 15.9 Å². The first-order valence-corrected chi connectivity index (χ1v) is 7.79. The minimum atomic E-state index is 0.109. The van der Waals surface area contributed by atoms with Crippen molar-refractivity contribution in [1.29, 1.82) is 0 Å². The molecule has 0 saturated carbocycles. The molecule has 4 heteroatoms. The highest BCUT2D eigenvalue weighted by Crippen LogP contribution is 2.38. The summed E-state index contributed by atoms with van der Waals surface area (Å²) in [5.74, 6) is 2.53. The van der Waals surface area contributed by atoms with Crippen molar-refractivity contribution in [2.75, 3.05) is 20.3 Å². The number of alkyl halides is 1. The van der Waals surface area contributed by atoms with Crippen LogP contribution in [0.5, 0.6) is 17.2 Å². The summed E-state index contributed by atoms with van der Waals surface area (Å²) in [6, 6.07) is 12.3. The van der Waals surface area contributed by atoms with Crippen molar-refractivity contribution in [2.24, 2.45) is 0 Å². The Bertz CT molecular complexity index is 654. The molecular formula is C17H17BrO3. The van der Waals surface area contributed by atoms with Crippen LogP contribution in [0.15, 0.2) is 36.4 Å². The third-order valence-electron chi connectivity index (χ3n) is 3.57. The molecule has 0 bridgehead atoms. The van der Waals surface area contributed by atoms with Crippen molar-refractivity contribution < 1.29 is 14.2 Å². The highest BCUT2D eigenvalue weighted by Gasteiger charge is 2.17. The van der Waals surface area contributed by atoms with E-state index in [2.05, 4.69) is 34.1 Å². The highest BCUT2D eigenvalue weighted by atomic mass is 79.9. The Morgan fingerprint density at radius 1 is 1.00 bits per heavy atom. The number of hydrogen-bond acceptors (Lipinski definition) is 3. The molecule has 2 aromatic rings. The smallest absolute Gasteiger partial charge is 0.161 e. The van der Waals surface area contributed by atoms with E-state index in [0.717, 1.165) is 28.4 Å². The lowest BCUT2D eigenvalue weighted by Gasteiger charge is -2.20. The molecule has 2 aromatic carbocycles. The van der Waals surface area contributed by atoms with Gasteiger partial charge in [0, 0.05) is 0 Å². The van der Waals surface area contributed by atoms with Crippen LogP contribution in [0.4, 0.5) is 0 Å². The number of methoxy groups -OCH3 is 1. The van der Waals surface area contributed by atoms with Crippen molar-refractivity contribution in [3.05, 3.63) is 53.1 Å². The van der Waals surface area contributed by atoms with Gasteiger partial charge in [0.2, 0.25) is 0 Å². The van der Waals surface area contributed by atoms with Crippen molar-refractivity contribution in [2.45, 2.75) is 11.8 Å². The summed E-state index contributed by atoms with van der Waals surface area (Å²) in [5, 5.41) is 0. The largest absolute Gasteiger partial charge is 0.496 e. The van der Waals surface area contributed by atoms with Crippen LogP contribution in [0.3, 0.4) is 0 Å². The molecule has 0 amide bonds. The molecule has 0 aliphatic carbocycles. The molecule has 0 spiro atoms. The highest BCUT2D eigenvalue weighted by molar-refractivity contribution is 9.09. The van der Waals surface area contributed by atoms with Crippen LogP contribution in [0, 0.1) is 6.92 Å². The summed E-state index contributed by atoms with van der Waals surface area (Å²) in [4.78, 5) is 0.109. The lowest BCUT2D eigenvalue weighted by Crippen LogP contribution is -2.15. The topological polar surface area (TPSA) is 27.7 Å². The quantitative estimate of drug-likeness (QED) is 0.775. The van der Waals surface area contributed by atoms with E-state index in [1.807, 2.05) is 25.1 Å². The molecule has 1 unspecified atom stereocenters. The average Bonchev–Trinajstić information content (AvgIpc) is 2.53. The third-order valence-corrected chi connectivity index (χ3v) is 4.63. The average molecular weight is 349 g/mol. The normalized spacial score (nSPS) is 14.6. The fourth-order valence-electron chi connectivity index (χ4n) is 2.47. The fourth-order valence-corrected chi connectivity index (χ4v) is 3.04. The molecule has 0 saturated heterocycles. The number of ether oxygens (including phenoxy) is 3. The Kier molecular flexibility index (Phi) is 4.06. The van der Waals surface area contributed by atoms with Gasteiger partial charge in [0.25, 0.3) is 0 Å². The number of halogens is 1. The zero-order chi connectivity index (χ0) is 14.8. The van der Waals surface area contributed by atoms with Crippen LogP contribution in [-0.2, 0) is 0 Å². The van der Waals surface area contributed by atoms with E-state index >= 15 is 0 Å². The summed E-state index contributed by atoms with van der Waals surface area (Å²) in [6.07, 6.45) is 0. The standard InChI is InChI=1S/C17H17BrO3/c1-11-9-12(3-5-14(11)19-2)17(18)13-4-6-15-16(10-13)21-8-7-20-15/h3-6,9-10,17H,7-8H2,1-2H3. The number of aryl methyl sites for hydroxylation is 1. The van der Waals surface area contributed by atoms with E-state index in [0.29, 0.717) is 13.2 Å². The Balaban J connectivity index is 1.91. The molecular weight excluding hydrogens is 332 g/mol. The third kappa shape index (κ3) is 2.86. The number of hydrogen-bond donors (Lipinski definition) is 0. The van der Waals surface area contributed by atoms with E-state index in [1.54, 1.807) is 7.11 Å². The molecule has 1 atom stereocenters. The van der Waals surface area contributed by atoms with Gasteiger partial charge in [0.15, 0.2) is 11.5 Å². The van der Waals surface area contributed by atoms with Crippen LogP contribution in [-0.4, -0.2) is 20.3 Å². The second-order valence-electron chi connectivity index (χ2n) is 4.99. The van der Waals surface area contributed by atoms with Crippen LogP contribution in [0.1, 0.15) is 21.5 Å². The van der Waals surface area contributed by atoms with E-state index in [1.165, 1.54) is 5.56 Å². The first kappa shape index (κ1) is 14.3. The van der Waals surface area contributed by atoms with Crippen molar-refractivity contribution >= 4 is 15.9 Å². The lowest BCUT2D eigenvalue weighted by molar-refractivity contribution is 0.171. The van der Waals surface area contributed by atoms with Crippen LogP contribution < -0.4 is 14.2 Å². The molecule has 1 aliphatic heterocycles. The molecule has 3 rings (SSSR count). The van der Waals surface area contributed by atoms with Gasteiger partial charge in [0.1, 0.15) is 19.0 Å². The van der Waals surface area contributed by atoms with Gasteiger partial charge in [-0.1, -0.05) is 34.1 Å². The minimum absolute atomic E-state index is 0.109. The van der Waals surface area contributed by atoms with Gasteiger partial charge in [-0.15, -0.1) is 0 Å². The summed E-state index contributed by atoms with van der Waals surface area (Å²) in [6.45, 7) is 3.26. The second kappa shape index (κ2) is 5.98. The Hall–Kier alpha value is -1.68. The predicted molar refractivity (Wildman–Crippen MR) is 85.9 cm³/mol. The van der Waals surface area contributed by atoms with Crippen LogP contribution in [0.25, 0.3) is 0 Å². The van der Waals surface area contributed by atoms with E-state index < -0.39 is 0 Å². The first-order valence-electron chi connectivity index (χ1n) is 6.87. The minimum Gasteiger partial charge on any atom is -0.496 e. The molecule has 110 valence electrons. The molecule has 0 radical (unpaired) electrons. The summed E-state index contributed by atoms with van der Waals surface area (Å²) < 4.78 is 16.5. The lowest BCUT2D eigenvalue weighted by atomic mass is 10.0. The van der Waals surface area contributed by atoms with E-state index in [9.17, 15) is 0 Å². The zero-order valence-electron chi connectivity index (χ0n) is 12.1. The maximum absolute atomic E-state index is 5.64. The second-order valence-corrected chi connectivity index (χ2v) is 5.91. The summed E-state index contributed by atoms with van der Waals surface area (Å²) in [5.41, 5.74) is 3.45. The fraction of sp³-hybridized carbons (Fsp3) is 0.294. The van der Waals surface area contributed by atoms with Gasteiger partial charge < -0.3 is 14.2 Å². The number of rotatable bonds is 3. The SMILES string of the molecule is COc1ccc(C(Br)c2ccc3c(c2)OCCO3)cc1C. The number of fused-ring (bicyclic) bond motifs is 1. The monoisotopic (exact) mass is 348 g/mol. The first-order chi connectivity index (χ1) is 10.2. The van der Waals surface area contributed by atoms with Crippen molar-refractivity contribution in [3.63, 3.8) is 0 Å². The van der Waals surface area contributed by atoms with Gasteiger partial charge in [-0.25, -0.2) is 0 Å². The maximum atomic E-state index is 5.64. The Morgan fingerprint density at radius 2 is 1.67 bits per heavy atom. The molecule has 21 heavy (non-hydrogen) atoms. The van der Waals surface area contributed by atoms with Gasteiger partial charge in [-0.3, -0.25) is 0 Å². The Labute approximate surface area is 133 Å². The maximum Gasteiger partial charge on any atom is 0.161 e. The van der Waals surface area contributed by atoms with E-state index in [-0.39, 0.29) is 4.83 Å². The van der Waals surface area contributed by atoms with Gasteiger partial charge in [-0.2, -0.15) is 0 Å². The summed E-state index contributed by atoms with van der Waals surface area (Å²) >= 11 is 3.77. The molecule has 3 nitrogen and oxygen atoms in total. The molecule has 0 fully saturated rings. The van der Waals surface area contributed by atoms with Crippen molar-refractivity contribution in [1.82, 2.24) is 0 Å². The zero-order valence-corrected chi connectivity index (χ0v) is 13.6. The molecule has 0 aromatic heterocycles. The van der Waals surface area contributed by atoms with Gasteiger partial charge in [0.05, 0.1) is 11.9 Å². The van der Waals surface area contributed by atoms with Crippen LogP contribution in [0.2, 0.25) is 0 Å². The molecule has 1 heterocycles. The summed E-state index contributed by atoms with van der Waals surface area (Å²) in [7, 11) is 1.69. The van der Waals surface area contributed by atoms with Gasteiger partial charge >= 0.3 is 0 Å². The predicted octanol–water partition coefficient (Wildman–Crippen LogP) is 4.26. The Morgan fingerprint density at radius 3 is 2.38 bits per heavy atom. The molecule has 0 N–H and O–H groups in total. The van der Waals surface area contributed by atoms with Crippen molar-refractivity contribution in [3.8, 4) is 17.2 Å². The van der Waals surface area contributed by atoms with Gasteiger partial charge in [-0.05, 0) is 41.8 Å². The number of benzene rings is 2. The molecule has 1 aliphatic rings.